The average molecular weight is 476 g/mol. The number of carbonyl (C=O) groups excluding carboxylic acids is 3. The maximum Gasteiger partial charge on any atom is 0.408 e. The fourth-order valence-corrected chi connectivity index (χ4v) is 4.35. The molecule has 33 heavy (non-hydrogen) atoms. The molecular formula is C23H29N3O6S. The van der Waals surface area contributed by atoms with Gasteiger partial charge in [0.15, 0.2) is 9.84 Å². The van der Waals surface area contributed by atoms with E-state index < -0.39 is 39.8 Å². The van der Waals surface area contributed by atoms with E-state index in [1.165, 1.54) is 12.1 Å². The van der Waals surface area contributed by atoms with E-state index in [0.717, 1.165) is 5.56 Å². The van der Waals surface area contributed by atoms with Gasteiger partial charge < -0.3 is 21.1 Å². The van der Waals surface area contributed by atoms with E-state index in [1.54, 1.807) is 44.2 Å². The lowest BCUT2D eigenvalue weighted by molar-refractivity contribution is -0.129. The number of ether oxygens (including phenoxy) is 1. The standard InChI is InChI=1S/C23H29N3O6S/c1-16(2)20(26-23(29)32-15-17-9-5-3-6-10-17)22(28)25-19(21(24)27)13-14-33(30,31)18-11-7-4-8-12-18/h3-12,16,19-20H,13-15H2,1-2H3,(H2,24,27)(H,25,28)(H,26,29)/t19-,20-/m1/s1. The minimum absolute atomic E-state index is 0.0281. The van der Waals surface area contributed by atoms with Gasteiger partial charge in [-0.1, -0.05) is 62.4 Å². The van der Waals surface area contributed by atoms with Crippen molar-refractivity contribution in [1.29, 1.82) is 0 Å². The van der Waals surface area contributed by atoms with Crippen LogP contribution in [0.1, 0.15) is 25.8 Å². The summed E-state index contributed by atoms with van der Waals surface area (Å²) in [6.07, 6.45) is -1.00. The molecule has 2 rings (SSSR count). The van der Waals surface area contributed by atoms with Crippen molar-refractivity contribution < 1.29 is 27.5 Å². The van der Waals surface area contributed by atoms with Crippen LogP contribution in [0.3, 0.4) is 0 Å². The van der Waals surface area contributed by atoms with Crippen LogP contribution in [0.4, 0.5) is 4.79 Å². The number of primary amides is 1. The minimum atomic E-state index is -3.66. The normalized spacial score (nSPS) is 13.1. The maximum absolute atomic E-state index is 12.8. The number of hydrogen-bond acceptors (Lipinski definition) is 6. The highest BCUT2D eigenvalue weighted by atomic mass is 32.2. The third-order valence-electron chi connectivity index (χ3n) is 4.87. The molecule has 0 aliphatic heterocycles. The van der Waals surface area contributed by atoms with Crippen molar-refractivity contribution in [3.63, 3.8) is 0 Å². The minimum Gasteiger partial charge on any atom is -0.445 e. The van der Waals surface area contributed by atoms with Crippen molar-refractivity contribution >= 4 is 27.7 Å². The summed E-state index contributed by atoms with van der Waals surface area (Å²) < 4.78 is 30.1. The quantitative estimate of drug-likeness (QED) is 0.452. The monoisotopic (exact) mass is 475 g/mol. The zero-order valence-corrected chi connectivity index (χ0v) is 19.4. The second kappa shape index (κ2) is 12.0. The van der Waals surface area contributed by atoms with Crippen molar-refractivity contribution in [2.45, 2.75) is 43.9 Å². The summed E-state index contributed by atoms with van der Waals surface area (Å²) in [6.45, 7) is 3.45. The van der Waals surface area contributed by atoms with Gasteiger partial charge in [-0.15, -0.1) is 0 Å². The van der Waals surface area contributed by atoms with Crippen LogP contribution in [0.25, 0.3) is 0 Å². The molecule has 178 valence electrons. The van der Waals surface area contributed by atoms with Crippen LogP contribution in [0, 0.1) is 5.92 Å². The molecule has 2 aromatic carbocycles. The summed E-state index contributed by atoms with van der Waals surface area (Å²) in [5, 5.41) is 4.94. The lowest BCUT2D eigenvalue weighted by atomic mass is 10.0. The molecule has 0 fully saturated rings. The number of nitrogens with two attached hydrogens (primary N) is 1. The van der Waals surface area contributed by atoms with E-state index in [9.17, 15) is 22.8 Å². The lowest BCUT2D eigenvalue weighted by Gasteiger charge is -2.24. The van der Waals surface area contributed by atoms with Crippen LogP contribution in [-0.2, 0) is 30.8 Å². The van der Waals surface area contributed by atoms with E-state index in [2.05, 4.69) is 10.6 Å². The van der Waals surface area contributed by atoms with Crippen LogP contribution in [-0.4, -0.2) is 44.2 Å². The molecule has 0 aliphatic rings. The Bertz CT molecular complexity index is 1040. The Morgan fingerprint density at radius 3 is 2.06 bits per heavy atom. The number of benzene rings is 2. The molecule has 0 unspecified atom stereocenters. The first-order valence-electron chi connectivity index (χ1n) is 10.4. The molecule has 3 amide bonds. The first-order chi connectivity index (χ1) is 15.6. The summed E-state index contributed by atoms with van der Waals surface area (Å²) in [6, 6.07) is 14.6. The zero-order chi connectivity index (χ0) is 24.4. The summed E-state index contributed by atoms with van der Waals surface area (Å²) in [4.78, 5) is 36.9. The number of rotatable bonds is 11. The summed E-state index contributed by atoms with van der Waals surface area (Å²) in [5.41, 5.74) is 6.17. The van der Waals surface area contributed by atoms with E-state index in [1.807, 2.05) is 18.2 Å². The Morgan fingerprint density at radius 1 is 0.939 bits per heavy atom. The fraction of sp³-hybridized carbons (Fsp3) is 0.348. The Kier molecular flexibility index (Phi) is 9.41. The highest BCUT2D eigenvalue weighted by Crippen LogP contribution is 2.13. The maximum atomic E-state index is 12.8. The second-order valence-corrected chi connectivity index (χ2v) is 9.92. The summed E-state index contributed by atoms with van der Waals surface area (Å²) in [7, 11) is -3.66. The van der Waals surface area contributed by atoms with E-state index in [0.29, 0.717) is 0 Å². The second-order valence-electron chi connectivity index (χ2n) is 7.81. The molecular weight excluding hydrogens is 446 g/mol. The number of nitrogens with one attached hydrogen (secondary N) is 2. The molecule has 0 saturated carbocycles. The van der Waals surface area contributed by atoms with Crippen LogP contribution >= 0.6 is 0 Å². The van der Waals surface area contributed by atoms with Gasteiger partial charge in [-0.25, -0.2) is 13.2 Å². The number of carbonyl (C=O) groups is 3. The largest absolute Gasteiger partial charge is 0.445 e. The van der Waals surface area contributed by atoms with Gasteiger partial charge in [0, 0.05) is 0 Å². The first kappa shape index (κ1) is 25.9. The van der Waals surface area contributed by atoms with Gasteiger partial charge in [0.05, 0.1) is 10.6 Å². The fourth-order valence-electron chi connectivity index (χ4n) is 2.99. The smallest absolute Gasteiger partial charge is 0.408 e. The molecule has 0 aliphatic carbocycles. The molecule has 0 heterocycles. The number of amides is 3. The Hall–Kier alpha value is -3.40. The van der Waals surface area contributed by atoms with E-state index in [4.69, 9.17) is 10.5 Å². The molecule has 2 atom stereocenters. The van der Waals surface area contributed by atoms with Gasteiger partial charge in [-0.3, -0.25) is 9.59 Å². The Balaban J connectivity index is 1.97. The van der Waals surface area contributed by atoms with Crippen LogP contribution < -0.4 is 16.4 Å². The molecule has 4 N–H and O–H groups in total. The molecule has 0 aromatic heterocycles. The molecule has 0 bridgehead atoms. The van der Waals surface area contributed by atoms with E-state index >= 15 is 0 Å². The van der Waals surface area contributed by atoms with Crippen LogP contribution in [0.15, 0.2) is 65.6 Å². The van der Waals surface area contributed by atoms with Crippen molar-refractivity contribution in [3.8, 4) is 0 Å². The zero-order valence-electron chi connectivity index (χ0n) is 18.6. The summed E-state index contributed by atoms with van der Waals surface area (Å²) >= 11 is 0. The lowest BCUT2D eigenvalue weighted by Crippen LogP contribution is -2.55. The van der Waals surface area contributed by atoms with Crippen molar-refractivity contribution in [3.05, 3.63) is 66.2 Å². The molecule has 9 nitrogen and oxygen atoms in total. The van der Waals surface area contributed by atoms with Crippen LogP contribution in [0.2, 0.25) is 0 Å². The first-order valence-corrected chi connectivity index (χ1v) is 12.1. The number of hydrogen-bond donors (Lipinski definition) is 3. The van der Waals surface area contributed by atoms with Crippen LogP contribution in [0.5, 0.6) is 0 Å². The third-order valence-corrected chi connectivity index (χ3v) is 6.64. The highest BCUT2D eigenvalue weighted by Gasteiger charge is 2.29. The van der Waals surface area contributed by atoms with Gasteiger partial charge in [0.25, 0.3) is 0 Å². The van der Waals surface area contributed by atoms with Gasteiger partial charge in [-0.2, -0.15) is 0 Å². The SMILES string of the molecule is CC(C)[C@@H](NC(=O)OCc1ccccc1)C(=O)N[C@H](CCS(=O)(=O)c1ccccc1)C(N)=O. The van der Waals surface area contributed by atoms with Gasteiger partial charge in [0.1, 0.15) is 18.7 Å². The average Bonchev–Trinajstić information content (AvgIpc) is 2.79. The number of alkyl carbamates (subject to hydrolysis) is 1. The summed E-state index contributed by atoms with van der Waals surface area (Å²) in [5.74, 6) is -2.26. The topological polar surface area (TPSA) is 145 Å². The van der Waals surface area contributed by atoms with Gasteiger partial charge in [-0.05, 0) is 30.0 Å². The Morgan fingerprint density at radius 2 is 1.52 bits per heavy atom. The third kappa shape index (κ3) is 8.23. The molecule has 0 radical (unpaired) electrons. The molecule has 0 saturated heterocycles. The molecule has 2 aromatic rings. The van der Waals surface area contributed by atoms with Crippen molar-refractivity contribution in [1.82, 2.24) is 10.6 Å². The van der Waals surface area contributed by atoms with Crippen molar-refractivity contribution in [2.75, 3.05) is 5.75 Å². The van der Waals surface area contributed by atoms with E-state index in [-0.39, 0.29) is 29.6 Å². The van der Waals surface area contributed by atoms with Gasteiger partial charge in [0.2, 0.25) is 11.8 Å². The van der Waals surface area contributed by atoms with Crippen molar-refractivity contribution in [2.24, 2.45) is 11.7 Å². The predicted molar refractivity (Wildman–Crippen MR) is 123 cm³/mol. The van der Waals surface area contributed by atoms with Gasteiger partial charge >= 0.3 is 6.09 Å². The molecule has 10 heteroatoms. The predicted octanol–water partition coefficient (Wildman–Crippen LogP) is 1.77. The number of sulfone groups is 1. The Labute approximate surface area is 193 Å². The molecule has 0 spiro atoms. The highest BCUT2D eigenvalue weighted by molar-refractivity contribution is 7.91.